The maximum Gasteiger partial charge on any atom is 0.316 e. The third kappa shape index (κ3) is 6.74. The van der Waals surface area contributed by atoms with E-state index < -0.39 is 17.7 Å². The lowest BCUT2D eigenvalue weighted by molar-refractivity contribution is -0.0325. The summed E-state index contributed by atoms with van der Waals surface area (Å²) in [4.78, 5) is 13.0. The normalized spacial score (nSPS) is 17.4. The van der Waals surface area contributed by atoms with Gasteiger partial charge in [-0.3, -0.25) is 0 Å². The fraction of sp³-hybridized carbons (Fsp3) is 0.409. The number of primary amides is 1. The number of carbonyl (C=O) groups excluding carboxylic acids is 1. The van der Waals surface area contributed by atoms with Crippen LogP contribution in [-0.2, 0) is 6.42 Å². The van der Waals surface area contributed by atoms with Gasteiger partial charge in [0, 0.05) is 31.7 Å². The molecule has 0 unspecified atom stereocenters. The van der Waals surface area contributed by atoms with Gasteiger partial charge >= 0.3 is 6.03 Å². The highest BCUT2D eigenvalue weighted by Crippen LogP contribution is 2.26. The van der Waals surface area contributed by atoms with Crippen LogP contribution >= 0.6 is 0 Å². The highest BCUT2D eigenvalue weighted by atomic mass is 16.5. The summed E-state index contributed by atoms with van der Waals surface area (Å²) in [6.45, 7) is 2.16. The monoisotopic (exact) mass is 399 g/mol. The Morgan fingerprint density at radius 2 is 1.79 bits per heavy atom. The van der Waals surface area contributed by atoms with Gasteiger partial charge in [0.15, 0.2) is 0 Å². The number of hydrogen-bond acceptors (Lipinski definition) is 5. The van der Waals surface area contributed by atoms with Gasteiger partial charge in [0.25, 0.3) is 0 Å². The van der Waals surface area contributed by atoms with Crippen LogP contribution in [0.1, 0.15) is 18.4 Å². The first-order valence-corrected chi connectivity index (χ1v) is 9.88. The topological polar surface area (TPSA) is 108 Å². The van der Waals surface area contributed by atoms with Crippen LogP contribution in [-0.4, -0.2) is 59.1 Å². The Labute approximate surface area is 171 Å². The van der Waals surface area contributed by atoms with E-state index in [0.29, 0.717) is 37.2 Å². The molecule has 1 fully saturated rings. The van der Waals surface area contributed by atoms with Crippen molar-refractivity contribution in [1.82, 2.24) is 4.90 Å². The van der Waals surface area contributed by atoms with Gasteiger partial charge in [-0.2, -0.15) is 0 Å². The van der Waals surface area contributed by atoms with Crippen molar-refractivity contribution in [2.75, 3.05) is 31.6 Å². The zero-order chi connectivity index (χ0) is 20.7. The van der Waals surface area contributed by atoms with E-state index in [1.807, 2.05) is 30.3 Å². The molecular formula is C22H29N3O4. The predicted octanol–water partition coefficient (Wildman–Crippen LogP) is 1.99. The molecular weight excluding hydrogens is 370 g/mol. The molecule has 0 bridgehead atoms. The minimum absolute atomic E-state index is 0.174. The number of urea groups is 1. The van der Waals surface area contributed by atoms with Crippen LogP contribution in [0.3, 0.4) is 0 Å². The van der Waals surface area contributed by atoms with Crippen LogP contribution < -0.4 is 15.8 Å². The lowest BCUT2D eigenvalue weighted by Gasteiger charge is -2.39. The smallest absolute Gasteiger partial charge is 0.316 e. The quantitative estimate of drug-likeness (QED) is 0.543. The molecule has 2 aromatic carbocycles. The molecule has 1 heterocycles. The summed E-state index contributed by atoms with van der Waals surface area (Å²) >= 11 is 0. The van der Waals surface area contributed by atoms with Crippen LogP contribution in [0.25, 0.3) is 0 Å². The van der Waals surface area contributed by atoms with Crippen molar-refractivity contribution in [1.29, 1.82) is 0 Å². The standard InChI is InChI=1S/C22H29N3O4/c23-21(27)24-18-6-8-20(9-7-18)29-16-19(26)15-25-12-10-22(28,11-13-25)14-17-4-2-1-3-5-17/h1-9,19,26,28H,10-16H2,(H3,23,24,27)/t19-/m0/s1. The fourth-order valence-corrected chi connectivity index (χ4v) is 3.62. The summed E-state index contributed by atoms with van der Waals surface area (Å²) in [5.41, 5.74) is 6.12. The second kappa shape index (κ2) is 9.73. The van der Waals surface area contributed by atoms with E-state index in [0.717, 1.165) is 18.7 Å². The summed E-state index contributed by atoms with van der Waals surface area (Å²) in [5, 5.41) is 23.6. The molecule has 1 atom stereocenters. The van der Waals surface area contributed by atoms with E-state index in [4.69, 9.17) is 10.5 Å². The summed E-state index contributed by atoms with van der Waals surface area (Å²) in [6, 6.07) is 16.2. The van der Waals surface area contributed by atoms with Crippen molar-refractivity contribution in [3.05, 3.63) is 60.2 Å². The Balaban J connectivity index is 1.39. The van der Waals surface area contributed by atoms with Gasteiger partial charge in [0.05, 0.1) is 5.60 Å². The fourth-order valence-electron chi connectivity index (χ4n) is 3.62. The Morgan fingerprint density at radius 1 is 1.14 bits per heavy atom. The summed E-state index contributed by atoms with van der Waals surface area (Å²) in [5.74, 6) is 0.606. The summed E-state index contributed by atoms with van der Waals surface area (Å²) in [7, 11) is 0. The first-order chi connectivity index (χ1) is 13.9. The van der Waals surface area contributed by atoms with E-state index in [1.54, 1.807) is 24.3 Å². The Morgan fingerprint density at radius 3 is 2.41 bits per heavy atom. The number of ether oxygens (including phenoxy) is 1. The van der Waals surface area contributed by atoms with Crippen LogP contribution in [0.2, 0.25) is 0 Å². The van der Waals surface area contributed by atoms with Crippen molar-refractivity contribution in [2.45, 2.75) is 31.0 Å². The number of rotatable bonds is 8. The number of amides is 2. The molecule has 5 N–H and O–H groups in total. The van der Waals surface area contributed by atoms with Gasteiger partial charge in [-0.05, 0) is 42.7 Å². The molecule has 1 saturated heterocycles. The molecule has 1 aliphatic heterocycles. The number of carbonyl (C=O) groups is 1. The van der Waals surface area contributed by atoms with E-state index in [-0.39, 0.29) is 6.61 Å². The first-order valence-electron chi connectivity index (χ1n) is 9.88. The number of aliphatic hydroxyl groups excluding tert-OH is 1. The number of nitrogens with two attached hydrogens (primary N) is 1. The maximum atomic E-state index is 10.9. The van der Waals surface area contributed by atoms with Gasteiger partial charge < -0.3 is 30.9 Å². The van der Waals surface area contributed by atoms with Gasteiger partial charge in [-0.15, -0.1) is 0 Å². The second-order valence-corrected chi connectivity index (χ2v) is 7.67. The Kier molecular flexibility index (Phi) is 7.09. The average Bonchev–Trinajstić information content (AvgIpc) is 2.70. The highest BCUT2D eigenvalue weighted by molar-refractivity contribution is 5.87. The average molecular weight is 399 g/mol. The zero-order valence-corrected chi connectivity index (χ0v) is 16.5. The third-order valence-electron chi connectivity index (χ3n) is 5.20. The lowest BCUT2D eigenvalue weighted by Crippen LogP contribution is -2.48. The number of likely N-dealkylation sites (tertiary alicyclic amines) is 1. The second-order valence-electron chi connectivity index (χ2n) is 7.67. The van der Waals surface area contributed by atoms with Crippen molar-refractivity contribution in [2.24, 2.45) is 5.73 Å². The minimum Gasteiger partial charge on any atom is -0.491 e. The van der Waals surface area contributed by atoms with Crippen molar-refractivity contribution in [3.8, 4) is 5.75 Å². The molecule has 0 saturated carbocycles. The Bertz CT molecular complexity index is 774. The number of benzene rings is 2. The number of β-amino-alcohol motifs (C(OH)–C–C–N with tert-alkyl or cyclic N) is 1. The van der Waals surface area contributed by atoms with Crippen LogP contribution in [0.4, 0.5) is 10.5 Å². The zero-order valence-electron chi connectivity index (χ0n) is 16.5. The Hall–Kier alpha value is -2.61. The number of piperidine rings is 1. The number of hydrogen-bond donors (Lipinski definition) is 4. The largest absolute Gasteiger partial charge is 0.491 e. The number of nitrogens with one attached hydrogen (secondary N) is 1. The molecule has 156 valence electrons. The lowest BCUT2D eigenvalue weighted by atomic mass is 9.85. The van der Waals surface area contributed by atoms with Gasteiger partial charge in [0.1, 0.15) is 18.5 Å². The predicted molar refractivity (Wildman–Crippen MR) is 112 cm³/mol. The first kappa shape index (κ1) is 21.1. The molecule has 0 aliphatic carbocycles. The van der Waals surface area contributed by atoms with E-state index in [1.165, 1.54) is 0 Å². The highest BCUT2D eigenvalue weighted by Gasteiger charge is 2.32. The molecule has 2 amide bonds. The van der Waals surface area contributed by atoms with Crippen molar-refractivity contribution >= 4 is 11.7 Å². The molecule has 7 nitrogen and oxygen atoms in total. The van der Waals surface area contributed by atoms with Crippen molar-refractivity contribution in [3.63, 3.8) is 0 Å². The van der Waals surface area contributed by atoms with Gasteiger partial charge in [-0.1, -0.05) is 30.3 Å². The van der Waals surface area contributed by atoms with Crippen LogP contribution in [0, 0.1) is 0 Å². The molecule has 2 aromatic rings. The molecule has 0 spiro atoms. The SMILES string of the molecule is NC(=O)Nc1ccc(OC[C@@H](O)CN2CCC(O)(Cc3ccccc3)CC2)cc1. The number of anilines is 1. The van der Waals surface area contributed by atoms with Crippen LogP contribution in [0.5, 0.6) is 5.75 Å². The number of aliphatic hydroxyl groups is 2. The minimum atomic E-state index is -0.681. The van der Waals surface area contributed by atoms with Crippen LogP contribution in [0.15, 0.2) is 54.6 Å². The molecule has 29 heavy (non-hydrogen) atoms. The molecule has 7 heteroatoms. The molecule has 0 aromatic heterocycles. The van der Waals surface area contributed by atoms with Crippen molar-refractivity contribution < 1.29 is 19.7 Å². The maximum absolute atomic E-state index is 10.9. The third-order valence-corrected chi connectivity index (χ3v) is 5.20. The van der Waals surface area contributed by atoms with E-state index in [9.17, 15) is 15.0 Å². The summed E-state index contributed by atoms with van der Waals surface area (Å²) < 4.78 is 5.62. The van der Waals surface area contributed by atoms with E-state index >= 15 is 0 Å². The van der Waals surface area contributed by atoms with Gasteiger partial charge in [-0.25, -0.2) is 4.79 Å². The molecule has 1 aliphatic rings. The molecule has 3 rings (SSSR count). The summed E-state index contributed by atoms with van der Waals surface area (Å²) in [6.07, 6.45) is 1.40. The van der Waals surface area contributed by atoms with E-state index in [2.05, 4.69) is 10.2 Å². The number of nitrogens with zero attached hydrogens (tertiary/aromatic N) is 1. The van der Waals surface area contributed by atoms with Gasteiger partial charge in [0.2, 0.25) is 0 Å². The molecule has 0 radical (unpaired) electrons.